The van der Waals surface area contributed by atoms with E-state index in [4.69, 9.17) is 0 Å². The number of hydrogen-bond acceptors (Lipinski definition) is 4. The van der Waals surface area contributed by atoms with Gasteiger partial charge >= 0.3 is 0 Å². The molecule has 1 amide bonds. The van der Waals surface area contributed by atoms with Crippen molar-refractivity contribution in [1.82, 2.24) is 19.2 Å². The number of amides is 1. The average Bonchev–Trinajstić information content (AvgIpc) is 3.02. The van der Waals surface area contributed by atoms with Crippen LogP contribution < -0.4 is 4.72 Å². The van der Waals surface area contributed by atoms with Gasteiger partial charge in [0.1, 0.15) is 5.82 Å². The van der Waals surface area contributed by atoms with Crippen molar-refractivity contribution in [3.05, 3.63) is 53.4 Å². The first-order chi connectivity index (χ1) is 11.7. The molecule has 0 saturated heterocycles. The number of carbonyl (C=O) groups excluding carboxylic acids is 1. The SMILES string of the molecule is Cc1ccc(C(=O)N2Cc3cncn3[C@H](CNS(C)(=O)=O)C2)cc1F. The van der Waals surface area contributed by atoms with E-state index >= 15 is 0 Å². The summed E-state index contributed by atoms with van der Waals surface area (Å²) in [6.45, 7) is 2.42. The Morgan fingerprint density at radius 1 is 1.44 bits per heavy atom. The monoisotopic (exact) mass is 366 g/mol. The Morgan fingerprint density at radius 2 is 2.20 bits per heavy atom. The Balaban J connectivity index is 1.83. The number of imidazole rings is 1. The quantitative estimate of drug-likeness (QED) is 0.877. The summed E-state index contributed by atoms with van der Waals surface area (Å²) in [5, 5.41) is 0. The molecule has 1 aromatic carbocycles. The average molecular weight is 366 g/mol. The molecular formula is C16H19FN4O3S. The van der Waals surface area contributed by atoms with Crippen molar-refractivity contribution in [3.63, 3.8) is 0 Å². The van der Waals surface area contributed by atoms with Gasteiger partial charge in [0.2, 0.25) is 10.0 Å². The third-order valence-corrected chi connectivity index (χ3v) is 4.90. The molecule has 1 aliphatic rings. The molecule has 9 heteroatoms. The normalized spacial score (nSPS) is 17.4. The summed E-state index contributed by atoms with van der Waals surface area (Å²) in [4.78, 5) is 18.4. The van der Waals surface area contributed by atoms with Crippen molar-refractivity contribution in [2.75, 3.05) is 19.3 Å². The van der Waals surface area contributed by atoms with Gasteiger partial charge < -0.3 is 9.47 Å². The van der Waals surface area contributed by atoms with Gasteiger partial charge in [-0.15, -0.1) is 0 Å². The van der Waals surface area contributed by atoms with E-state index < -0.39 is 15.8 Å². The van der Waals surface area contributed by atoms with Gasteiger partial charge in [-0.2, -0.15) is 0 Å². The van der Waals surface area contributed by atoms with Gasteiger partial charge in [0, 0.05) is 24.8 Å². The van der Waals surface area contributed by atoms with Crippen LogP contribution in [0.1, 0.15) is 27.7 Å². The van der Waals surface area contributed by atoms with Gasteiger partial charge in [-0.25, -0.2) is 22.5 Å². The molecule has 0 saturated carbocycles. The fraction of sp³-hybridized carbons (Fsp3) is 0.375. The van der Waals surface area contributed by atoms with Crippen LogP contribution in [0.15, 0.2) is 30.7 Å². The second kappa shape index (κ2) is 6.57. The molecule has 0 spiro atoms. The van der Waals surface area contributed by atoms with Crippen LogP contribution in [0.3, 0.4) is 0 Å². The zero-order valence-electron chi connectivity index (χ0n) is 13.9. The summed E-state index contributed by atoms with van der Waals surface area (Å²) in [5.41, 5.74) is 1.54. The number of rotatable bonds is 4. The highest BCUT2D eigenvalue weighted by Crippen LogP contribution is 2.23. The van der Waals surface area contributed by atoms with E-state index in [-0.39, 0.29) is 24.1 Å². The standard InChI is InChI=1S/C16H19FN4O3S/c1-11-3-4-12(5-15(11)17)16(22)20-8-13-6-18-10-21(13)14(9-20)7-19-25(2,23)24/h3-6,10,14,19H,7-9H2,1-2H3/t14-/m1/s1. The van der Waals surface area contributed by atoms with Crippen LogP contribution in [0, 0.1) is 12.7 Å². The molecule has 1 N–H and O–H groups in total. The maximum Gasteiger partial charge on any atom is 0.254 e. The van der Waals surface area contributed by atoms with Gasteiger partial charge in [0.15, 0.2) is 0 Å². The van der Waals surface area contributed by atoms with Crippen LogP contribution in [-0.4, -0.2) is 48.1 Å². The Labute approximate surface area is 145 Å². The third kappa shape index (κ3) is 3.88. The van der Waals surface area contributed by atoms with E-state index in [1.165, 1.54) is 6.07 Å². The lowest BCUT2D eigenvalue weighted by Gasteiger charge is -2.34. The Hall–Kier alpha value is -2.26. The van der Waals surface area contributed by atoms with Crippen molar-refractivity contribution in [1.29, 1.82) is 0 Å². The summed E-state index contributed by atoms with van der Waals surface area (Å²) < 4.78 is 40.8. The molecule has 134 valence electrons. The third-order valence-electron chi connectivity index (χ3n) is 4.21. The lowest BCUT2D eigenvalue weighted by atomic mass is 10.1. The number of benzene rings is 1. The first-order valence-electron chi connectivity index (χ1n) is 7.75. The summed E-state index contributed by atoms with van der Waals surface area (Å²) in [6, 6.07) is 4.11. The minimum Gasteiger partial charge on any atom is -0.331 e. The van der Waals surface area contributed by atoms with E-state index in [9.17, 15) is 17.6 Å². The van der Waals surface area contributed by atoms with Crippen LogP contribution in [0.25, 0.3) is 0 Å². The van der Waals surface area contributed by atoms with E-state index in [2.05, 4.69) is 9.71 Å². The summed E-state index contributed by atoms with van der Waals surface area (Å²) in [6.07, 6.45) is 4.35. The molecular weight excluding hydrogens is 347 g/mol. The molecule has 1 aliphatic heterocycles. The molecule has 2 aromatic rings. The zero-order chi connectivity index (χ0) is 18.2. The topological polar surface area (TPSA) is 84.3 Å². The van der Waals surface area contributed by atoms with Gasteiger partial charge in [0.25, 0.3) is 5.91 Å². The van der Waals surface area contributed by atoms with E-state index in [0.29, 0.717) is 18.7 Å². The molecule has 0 fully saturated rings. The lowest BCUT2D eigenvalue weighted by molar-refractivity contribution is 0.0680. The minimum atomic E-state index is -3.35. The zero-order valence-corrected chi connectivity index (χ0v) is 14.8. The Morgan fingerprint density at radius 3 is 2.88 bits per heavy atom. The number of aryl methyl sites for hydroxylation is 1. The predicted octanol–water partition coefficient (Wildman–Crippen LogP) is 1.08. The van der Waals surface area contributed by atoms with E-state index in [1.54, 1.807) is 36.5 Å². The number of nitrogens with zero attached hydrogens (tertiary/aromatic N) is 3. The first kappa shape index (κ1) is 17.6. The molecule has 25 heavy (non-hydrogen) atoms. The van der Waals surface area contributed by atoms with Crippen LogP contribution in [0.5, 0.6) is 0 Å². The molecule has 0 bridgehead atoms. The summed E-state index contributed by atoms with van der Waals surface area (Å²) in [7, 11) is -3.35. The maximum absolute atomic E-state index is 13.8. The van der Waals surface area contributed by atoms with Crippen molar-refractivity contribution in [2.45, 2.75) is 19.5 Å². The lowest BCUT2D eigenvalue weighted by Crippen LogP contribution is -2.44. The highest BCUT2D eigenvalue weighted by Gasteiger charge is 2.29. The second-order valence-corrected chi connectivity index (χ2v) is 8.05. The van der Waals surface area contributed by atoms with Crippen molar-refractivity contribution in [2.24, 2.45) is 0 Å². The number of halogens is 1. The van der Waals surface area contributed by atoms with E-state index in [1.807, 2.05) is 4.57 Å². The number of fused-ring (bicyclic) bond motifs is 1. The number of carbonyl (C=O) groups is 1. The second-order valence-electron chi connectivity index (χ2n) is 6.22. The van der Waals surface area contributed by atoms with E-state index in [0.717, 1.165) is 11.9 Å². The molecule has 7 nitrogen and oxygen atoms in total. The molecule has 3 rings (SSSR count). The predicted molar refractivity (Wildman–Crippen MR) is 90.0 cm³/mol. The Bertz CT molecular complexity index is 910. The minimum absolute atomic E-state index is 0.147. The van der Waals surface area contributed by atoms with Crippen LogP contribution in [0.4, 0.5) is 4.39 Å². The smallest absolute Gasteiger partial charge is 0.254 e. The van der Waals surface area contributed by atoms with Gasteiger partial charge in [-0.1, -0.05) is 6.07 Å². The van der Waals surface area contributed by atoms with Gasteiger partial charge in [-0.05, 0) is 24.6 Å². The molecule has 0 aliphatic carbocycles. The van der Waals surface area contributed by atoms with Gasteiger partial charge in [-0.3, -0.25) is 4.79 Å². The summed E-state index contributed by atoms with van der Waals surface area (Å²) in [5.74, 6) is -0.723. The van der Waals surface area contributed by atoms with Crippen molar-refractivity contribution >= 4 is 15.9 Å². The summed E-state index contributed by atoms with van der Waals surface area (Å²) >= 11 is 0. The maximum atomic E-state index is 13.8. The molecule has 0 radical (unpaired) electrons. The van der Waals surface area contributed by atoms with Crippen LogP contribution >= 0.6 is 0 Å². The fourth-order valence-corrected chi connectivity index (χ4v) is 3.35. The molecule has 1 aromatic heterocycles. The number of sulfonamides is 1. The fourth-order valence-electron chi connectivity index (χ4n) is 2.86. The Kier molecular flexibility index (Phi) is 4.61. The largest absolute Gasteiger partial charge is 0.331 e. The highest BCUT2D eigenvalue weighted by atomic mass is 32.2. The van der Waals surface area contributed by atoms with Crippen LogP contribution in [-0.2, 0) is 16.6 Å². The molecule has 2 heterocycles. The van der Waals surface area contributed by atoms with Crippen molar-refractivity contribution < 1.29 is 17.6 Å². The number of hydrogen-bond donors (Lipinski definition) is 1. The number of nitrogens with one attached hydrogen (secondary N) is 1. The van der Waals surface area contributed by atoms with Crippen molar-refractivity contribution in [3.8, 4) is 0 Å². The highest BCUT2D eigenvalue weighted by molar-refractivity contribution is 7.88. The first-order valence-corrected chi connectivity index (χ1v) is 9.64. The molecule has 1 atom stereocenters. The number of aromatic nitrogens is 2. The van der Waals surface area contributed by atoms with Crippen LogP contribution in [0.2, 0.25) is 0 Å². The van der Waals surface area contributed by atoms with Gasteiger partial charge in [0.05, 0.1) is 30.9 Å². The molecule has 0 unspecified atom stereocenters.